The first-order valence-corrected chi connectivity index (χ1v) is 11.1. The number of aromatic nitrogens is 2. The molecule has 0 radical (unpaired) electrons. The summed E-state index contributed by atoms with van der Waals surface area (Å²) in [6, 6.07) is 11.5. The van der Waals surface area contributed by atoms with E-state index < -0.39 is 11.8 Å². The molecule has 2 amide bonds. The minimum atomic E-state index is -0.468. The first kappa shape index (κ1) is 19.4. The van der Waals surface area contributed by atoms with Crippen molar-refractivity contribution in [3.05, 3.63) is 58.4 Å². The molecule has 0 bridgehead atoms. The van der Waals surface area contributed by atoms with Gasteiger partial charge in [0.05, 0.1) is 12.5 Å². The summed E-state index contributed by atoms with van der Waals surface area (Å²) in [5.74, 6) is 0.795. The average Bonchev–Trinajstić information content (AvgIpc) is 3.50. The van der Waals surface area contributed by atoms with Crippen LogP contribution in [0.5, 0.6) is 5.75 Å². The number of imide groups is 1. The molecule has 154 valence electrons. The van der Waals surface area contributed by atoms with Crippen molar-refractivity contribution >= 4 is 50.5 Å². The number of fused-ring (bicyclic) bond motifs is 1. The van der Waals surface area contributed by atoms with Crippen molar-refractivity contribution in [3.8, 4) is 27.6 Å². The second-order valence-electron chi connectivity index (χ2n) is 6.84. The van der Waals surface area contributed by atoms with Gasteiger partial charge in [-0.1, -0.05) is 18.2 Å². The molecular formula is C22H16N4O3S2. The van der Waals surface area contributed by atoms with Crippen LogP contribution in [0.1, 0.15) is 6.92 Å². The Labute approximate surface area is 185 Å². The number of hydrogen-bond acceptors (Lipinski definition) is 8. The molecule has 0 unspecified atom stereocenters. The number of ether oxygens (including phenoxy) is 1. The fourth-order valence-corrected chi connectivity index (χ4v) is 5.11. The molecule has 0 atom stereocenters. The Morgan fingerprint density at radius 3 is 2.65 bits per heavy atom. The molecule has 0 fully saturated rings. The van der Waals surface area contributed by atoms with Crippen LogP contribution in [-0.4, -0.2) is 28.9 Å². The van der Waals surface area contributed by atoms with E-state index in [4.69, 9.17) is 14.7 Å². The number of nitrogens with one attached hydrogen (secondary N) is 2. The lowest BCUT2D eigenvalue weighted by molar-refractivity contribution is -0.124. The summed E-state index contributed by atoms with van der Waals surface area (Å²) in [7, 11) is 1.60. The van der Waals surface area contributed by atoms with Crippen LogP contribution in [0.15, 0.2) is 58.4 Å². The third kappa shape index (κ3) is 3.37. The maximum absolute atomic E-state index is 12.3. The van der Waals surface area contributed by atoms with E-state index in [1.807, 2.05) is 47.2 Å². The zero-order valence-electron chi connectivity index (χ0n) is 16.6. The van der Waals surface area contributed by atoms with E-state index in [1.165, 1.54) is 11.3 Å². The van der Waals surface area contributed by atoms with Gasteiger partial charge >= 0.3 is 0 Å². The highest BCUT2D eigenvalue weighted by Crippen LogP contribution is 2.40. The molecule has 31 heavy (non-hydrogen) atoms. The largest absolute Gasteiger partial charge is 0.497 e. The van der Waals surface area contributed by atoms with Gasteiger partial charge in [0.25, 0.3) is 11.8 Å². The molecule has 4 aromatic rings. The van der Waals surface area contributed by atoms with Crippen LogP contribution in [0, 0.1) is 0 Å². The van der Waals surface area contributed by atoms with Crippen molar-refractivity contribution in [1.82, 2.24) is 15.3 Å². The zero-order chi connectivity index (χ0) is 21.5. The van der Waals surface area contributed by atoms with Crippen LogP contribution in [0.2, 0.25) is 0 Å². The molecule has 1 aliphatic rings. The number of anilines is 1. The van der Waals surface area contributed by atoms with Crippen molar-refractivity contribution in [2.45, 2.75) is 6.92 Å². The van der Waals surface area contributed by atoms with E-state index in [1.54, 1.807) is 25.4 Å². The van der Waals surface area contributed by atoms with Crippen LogP contribution in [0.4, 0.5) is 5.82 Å². The van der Waals surface area contributed by atoms with Crippen molar-refractivity contribution in [2.24, 2.45) is 0 Å². The molecule has 2 N–H and O–H groups in total. The topological polar surface area (TPSA) is 93.2 Å². The Morgan fingerprint density at radius 1 is 1.06 bits per heavy atom. The minimum Gasteiger partial charge on any atom is -0.497 e. The highest BCUT2D eigenvalue weighted by Gasteiger charge is 2.29. The summed E-state index contributed by atoms with van der Waals surface area (Å²) < 4.78 is 5.33. The van der Waals surface area contributed by atoms with E-state index in [0.29, 0.717) is 23.0 Å². The first-order chi connectivity index (χ1) is 15.0. The van der Waals surface area contributed by atoms with E-state index in [2.05, 4.69) is 10.6 Å². The molecule has 0 saturated carbocycles. The second kappa shape index (κ2) is 7.60. The highest BCUT2D eigenvalue weighted by atomic mass is 32.1. The standard InChI is InChI=1S/C22H16N4O3S2/c1-11-17(21(28)26-20(11)27)23-19-16-14(15-7-4-8-30-15)10-31-22(16)25-18(24-19)12-5-3-6-13(9-12)29-2/h3-10H,1-2H3,(H2,23,24,25,26,27,28). The van der Waals surface area contributed by atoms with Gasteiger partial charge in [0.1, 0.15) is 22.1 Å². The van der Waals surface area contributed by atoms with Gasteiger partial charge in [0.15, 0.2) is 5.82 Å². The molecular weight excluding hydrogens is 432 g/mol. The number of carbonyl (C=O) groups excluding carboxylic acids is 2. The summed E-state index contributed by atoms with van der Waals surface area (Å²) in [4.78, 5) is 35.6. The van der Waals surface area contributed by atoms with E-state index in [0.717, 1.165) is 26.2 Å². The van der Waals surface area contributed by atoms with Crippen molar-refractivity contribution in [1.29, 1.82) is 0 Å². The van der Waals surface area contributed by atoms with E-state index in [9.17, 15) is 9.59 Å². The van der Waals surface area contributed by atoms with Crippen LogP contribution in [0.3, 0.4) is 0 Å². The van der Waals surface area contributed by atoms with Gasteiger partial charge in [-0.3, -0.25) is 14.9 Å². The normalized spacial score (nSPS) is 13.7. The molecule has 0 aliphatic carbocycles. The number of amides is 2. The first-order valence-electron chi connectivity index (χ1n) is 9.36. The average molecular weight is 449 g/mol. The number of carbonyl (C=O) groups is 2. The Bertz CT molecular complexity index is 1370. The SMILES string of the molecule is COc1cccc(-c2nc(NC3=C(C)C(=O)NC3=O)c3c(-c4cccs4)csc3n2)c1. The fraction of sp³-hybridized carbons (Fsp3) is 0.0909. The predicted octanol–water partition coefficient (Wildman–Crippen LogP) is 4.44. The van der Waals surface area contributed by atoms with Gasteiger partial charge < -0.3 is 10.1 Å². The van der Waals surface area contributed by atoms with Crippen molar-refractivity contribution in [3.63, 3.8) is 0 Å². The molecule has 3 aromatic heterocycles. The zero-order valence-corrected chi connectivity index (χ0v) is 18.2. The van der Waals surface area contributed by atoms with Gasteiger partial charge in [-0.2, -0.15) is 0 Å². The summed E-state index contributed by atoms with van der Waals surface area (Å²) in [6.45, 7) is 1.61. The van der Waals surface area contributed by atoms with Crippen LogP contribution < -0.4 is 15.4 Å². The van der Waals surface area contributed by atoms with Gasteiger partial charge in [-0.15, -0.1) is 22.7 Å². The maximum atomic E-state index is 12.3. The lowest BCUT2D eigenvalue weighted by Gasteiger charge is -2.11. The molecule has 0 saturated heterocycles. The number of nitrogens with zero attached hydrogens (tertiary/aromatic N) is 2. The molecule has 4 heterocycles. The summed E-state index contributed by atoms with van der Waals surface area (Å²) >= 11 is 3.12. The van der Waals surface area contributed by atoms with Crippen molar-refractivity contribution < 1.29 is 14.3 Å². The molecule has 7 nitrogen and oxygen atoms in total. The van der Waals surface area contributed by atoms with E-state index >= 15 is 0 Å². The van der Waals surface area contributed by atoms with Crippen LogP contribution in [-0.2, 0) is 9.59 Å². The minimum absolute atomic E-state index is 0.199. The summed E-state index contributed by atoms with van der Waals surface area (Å²) in [6.07, 6.45) is 0. The van der Waals surface area contributed by atoms with Crippen LogP contribution in [0.25, 0.3) is 32.0 Å². The van der Waals surface area contributed by atoms with Gasteiger partial charge in [-0.05, 0) is 30.5 Å². The van der Waals surface area contributed by atoms with Crippen LogP contribution >= 0.6 is 22.7 Å². The Morgan fingerprint density at radius 2 is 1.94 bits per heavy atom. The third-order valence-electron chi connectivity index (χ3n) is 4.96. The van der Waals surface area contributed by atoms with Gasteiger partial charge in [0, 0.05) is 27.0 Å². The number of thiophene rings is 2. The number of rotatable bonds is 5. The number of hydrogen-bond donors (Lipinski definition) is 2. The Kier molecular flexibility index (Phi) is 4.76. The summed E-state index contributed by atoms with van der Waals surface area (Å²) in [5, 5.41) is 10.3. The molecule has 0 spiro atoms. The van der Waals surface area contributed by atoms with Gasteiger partial charge in [-0.25, -0.2) is 9.97 Å². The highest BCUT2D eigenvalue weighted by molar-refractivity contribution is 7.18. The lowest BCUT2D eigenvalue weighted by atomic mass is 10.1. The van der Waals surface area contributed by atoms with E-state index in [-0.39, 0.29) is 5.70 Å². The second-order valence-corrected chi connectivity index (χ2v) is 8.65. The van der Waals surface area contributed by atoms with Gasteiger partial charge in [0.2, 0.25) is 0 Å². The fourth-order valence-electron chi connectivity index (χ4n) is 3.35. The quantitative estimate of drug-likeness (QED) is 0.439. The molecule has 1 aromatic carbocycles. The lowest BCUT2D eigenvalue weighted by Crippen LogP contribution is -2.24. The molecule has 9 heteroatoms. The smallest absolute Gasteiger partial charge is 0.275 e. The molecule has 1 aliphatic heterocycles. The predicted molar refractivity (Wildman–Crippen MR) is 122 cm³/mol. The third-order valence-corrected chi connectivity index (χ3v) is 6.74. The summed E-state index contributed by atoms with van der Waals surface area (Å²) in [5.41, 5.74) is 2.29. The number of methoxy groups -OCH3 is 1. The Balaban J connectivity index is 1.72. The monoisotopic (exact) mass is 448 g/mol. The van der Waals surface area contributed by atoms with Crippen molar-refractivity contribution in [2.75, 3.05) is 12.4 Å². The number of benzene rings is 1. The maximum Gasteiger partial charge on any atom is 0.275 e. The Hall–Kier alpha value is -3.56. The molecule has 5 rings (SSSR count).